The van der Waals surface area contributed by atoms with Gasteiger partial charge in [0, 0.05) is 25.8 Å². The summed E-state index contributed by atoms with van der Waals surface area (Å²) >= 11 is 6.01. The monoisotopic (exact) mass is 307 g/mol. The zero-order chi connectivity index (χ0) is 14.8. The lowest BCUT2D eigenvalue weighted by molar-refractivity contribution is -0.135. The van der Waals surface area contributed by atoms with Crippen molar-refractivity contribution < 1.29 is 9.53 Å². The van der Waals surface area contributed by atoms with Crippen molar-refractivity contribution in [3.8, 4) is 0 Å². The Morgan fingerprint density at radius 1 is 1.52 bits per heavy atom. The van der Waals surface area contributed by atoms with Crippen molar-refractivity contribution in [2.75, 3.05) is 32.8 Å². The molecule has 21 heavy (non-hydrogen) atoms. The van der Waals surface area contributed by atoms with Crippen LogP contribution in [0.3, 0.4) is 0 Å². The SMILES string of the molecule is C=CC(=O)N1C[C@H]2COCCN2[C@H](c2ccnc(Cl)c2)C1. The number of carbonyl (C=O) groups excluding carboxylic acids is 1. The number of ether oxygens (including phenoxy) is 1. The molecule has 3 heterocycles. The first-order chi connectivity index (χ1) is 10.2. The van der Waals surface area contributed by atoms with E-state index in [1.807, 2.05) is 17.0 Å². The Kier molecular flexibility index (Phi) is 4.24. The molecule has 0 unspecified atom stereocenters. The minimum atomic E-state index is -0.0367. The largest absolute Gasteiger partial charge is 0.378 e. The van der Waals surface area contributed by atoms with Crippen LogP contribution in [0.25, 0.3) is 0 Å². The third-order valence-corrected chi connectivity index (χ3v) is 4.33. The van der Waals surface area contributed by atoms with E-state index in [2.05, 4.69) is 16.5 Å². The molecule has 6 heteroatoms. The maximum absolute atomic E-state index is 12.0. The average Bonchev–Trinajstić information content (AvgIpc) is 2.53. The van der Waals surface area contributed by atoms with Crippen molar-refractivity contribution in [3.05, 3.63) is 41.7 Å². The first-order valence-corrected chi connectivity index (χ1v) is 7.43. The molecule has 2 aliphatic heterocycles. The highest BCUT2D eigenvalue weighted by molar-refractivity contribution is 6.29. The summed E-state index contributed by atoms with van der Waals surface area (Å²) in [7, 11) is 0. The first kappa shape index (κ1) is 14.5. The first-order valence-electron chi connectivity index (χ1n) is 7.05. The van der Waals surface area contributed by atoms with E-state index < -0.39 is 0 Å². The second-order valence-electron chi connectivity index (χ2n) is 5.34. The Labute approximate surface area is 129 Å². The van der Waals surface area contributed by atoms with Crippen LogP contribution in [0.5, 0.6) is 0 Å². The number of halogens is 1. The van der Waals surface area contributed by atoms with Gasteiger partial charge >= 0.3 is 0 Å². The van der Waals surface area contributed by atoms with E-state index in [1.54, 1.807) is 6.20 Å². The number of morpholine rings is 1. The van der Waals surface area contributed by atoms with Gasteiger partial charge in [-0.1, -0.05) is 18.2 Å². The topological polar surface area (TPSA) is 45.7 Å². The fourth-order valence-corrected chi connectivity index (χ4v) is 3.29. The molecule has 1 aromatic rings. The molecule has 0 bridgehead atoms. The molecular weight excluding hydrogens is 290 g/mol. The van der Waals surface area contributed by atoms with Gasteiger partial charge in [-0.25, -0.2) is 4.98 Å². The van der Waals surface area contributed by atoms with Gasteiger partial charge < -0.3 is 9.64 Å². The second kappa shape index (κ2) is 6.13. The zero-order valence-electron chi connectivity index (χ0n) is 11.7. The normalized spacial score (nSPS) is 26.2. The lowest BCUT2D eigenvalue weighted by Crippen LogP contribution is -2.60. The van der Waals surface area contributed by atoms with Crippen LogP contribution in [-0.2, 0) is 9.53 Å². The van der Waals surface area contributed by atoms with E-state index in [-0.39, 0.29) is 18.0 Å². The predicted molar refractivity (Wildman–Crippen MR) is 80.1 cm³/mol. The number of hydrogen-bond acceptors (Lipinski definition) is 4. The van der Waals surface area contributed by atoms with E-state index in [9.17, 15) is 4.79 Å². The van der Waals surface area contributed by atoms with E-state index in [0.717, 1.165) is 18.7 Å². The van der Waals surface area contributed by atoms with Crippen molar-refractivity contribution in [1.82, 2.24) is 14.8 Å². The summed E-state index contributed by atoms with van der Waals surface area (Å²) in [5, 5.41) is 0.476. The van der Waals surface area contributed by atoms with E-state index in [1.165, 1.54) is 6.08 Å². The Morgan fingerprint density at radius 2 is 2.38 bits per heavy atom. The number of piperazine rings is 1. The second-order valence-corrected chi connectivity index (χ2v) is 5.73. The quantitative estimate of drug-likeness (QED) is 0.614. The number of pyridine rings is 1. The van der Waals surface area contributed by atoms with Crippen LogP contribution in [-0.4, -0.2) is 59.6 Å². The smallest absolute Gasteiger partial charge is 0.246 e. The number of aromatic nitrogens is 1. The van der Waals surface area contributed by atoms with Crippen molar-refractivity contribution in [2.24, 2.45) is 0 Å². The van der Waals surface area contributed by atoms with Gasteiger partial charge in [0.05, 0.1) is 25.3 Å². The molecule has 1 aromatic heterocycles. The van der Waals surface area contributed by atoms with Gasteiger partial charge in [0.2, 0.25) is 5.91 Å². The summed E-state index contributed by atoms with van der Waals surface area (Å²) in [6.07, 6.45) is 3.08. The average molecular weight is 308 g/mol. The highest BCUT2D eigenvalue weighted by atomic mass is 35.5. The van der Waals surface area contributed by atoms with Crippen LogP contribution in [0.1, 0.15) is 11.6 Å². The summed E-state index contributed by atoms with van der Waals surface area (Å²) in [4.78, 5) is 20.3. The number of nitrogens with zero attached hydrogens (tertiary/aromatic N) is 3. The maximum atomic E-state index is 12.0. The Balaban J connectivity index is 1.90. The van der Waals surface area contributed by atoms with Gasteiger partial charge in [-0.05, 0) is 23.8 Å². The molecule has 1 amide bonds. The highest BCUT2D eigenvalue weighted by Crippen LogP contribution is 2.31. The molecule has 2 saturated heterocycles. The summed E-state index contributed by atoms with van der Waals surface area (Å²) in [6.45, 7) is 7.14. The molecule has 3 rings (SSSR count). The zero-order valence-corrected chi connectivity index (χ0v) is 12.5. The number of fused-ring (bicyclic) bond motifs is 1. The molecule has 2 fully saturated rings. The van der Waals surface area contributed by atoms with Gasteiger partial charge in [0.25, 0.3) is 0 Å². The number of amides is 1. The third kappa shape index (κ3) is 2.95. The van der Waals surface area contributed by atoms with E-state index >= 15 is 0 Å². The van der Waals surface area contributed by atoms with Gasteiger partial charge in [-0.3, -0.25) is 9.69 Å². The molecule has 2 aliphatic rings. The van der Waals surface area contributed by atoms with Crippen molar-refractivity contribution in [2.45, 2.75) is 12.1 Å². The Bertz CT molecular complexity index is 551. The molecule has 0 N–H and O–H groups in total. The van der Waals surface area contributed by atoms with Crippen molar-refractivity contribution >= 4 is 17.5 Å². The van der Waals surface area contributed by atoms with Crippen LogP contribution >= 0.6 is 11.6 Å². The predicted octanol–water partition coefficient (Wildman–Crippen LogP) is 1.51. The summed E-state index contributed by atoms with van der Waals surface area (Å²) in [6, 6.07) is 4.18. The highest BCUT2D eigenvalue weighted by Gasteiger charge is 2.38. The Morgan fingerprint density at radius 3 is 3.14 bits per heavy atom. The third-order valence-electron chi connectivity index (χ3n) is 4.12. The summed E-state index contributed by atoms with van der Waals surface area (Å²) in [5.74, 6) is -0.0367. The molecule has 0 aliphatic carbocycles. The number of carbonyl (C=O) groups is 1. The fraction of sp³-hybridized carbons (Fsp3) is 0.467. The van der Waals surface area contributed by atoms with E-state index in [4.69, 9.17) is 16.3 Å². The lowest BCUT2D eigenvalue weighted by atomic mass is 9.99. The number of hydrogen-bond donors (Lipinski definition) is 0. The van der Waals surface area contributed by atoms with Gasteiger partial charge in [-0.2, -0.15) is 0 Å². The Hall–Kier alpha value is -1.43. The van der Waals surface area contributed by atoms with Crippen LogP contribution in [0.15, 0.2) is 31.0 Å². The summed E-state index contributed by atoms with van der Waals surface area (Å²) < 4.78 is 5.56. The number of rotatable bonds is 2. The molecule has 0 saturated carbocycles. The van der Waals surface area contributed by atoms with Crippen molar-refractivity contribution in [3.63, 3.8) is 0 Å². The molecule has 0 aromatic carbocycles. The standard InChI is InChI=1S/C15H18ClN3O2/c1-2-15(20)18-8-12-10-21-6-5-19(12)13(9-18)11-3-4-17-14(16)7-11/h2-4,7,12-13H,1,5-6,8-10H2/t12-,13-/m0/s1. The molecular formula is C15H18ClN3O2. The summed E-state index contributed by atoms with van der Waals surface area (Å²) in [5.41, 5.74) is 1.09. The molecule has 0 radical (unpaired) electrons. The minimum absolute atomic E-state index is 0.0367. The van der Waals surface area contributed by atoms with Crippen LogP contribution in [0.4, 0.5) is 0 Å². The van der Waals surface area contributed by atoms with Gasteiger partial charge in [0.1, 0.15) is 5.15 Å². The van der Waals surface area contributed by atoms with Gasteiger partial charge in [0.15, 0.2) is 0 Å². The molecule has 2 atom stereocenters. The minimum Gasteiger partial charge on any atom is -0.378 e. The lowest BCUT2D eigenvalue weighted by Gasteiger charge is -2.48. The van der Waals surface area contributed by atoms with Crippen LogP contribution < -0.4 is 0 Å². The molecule has 0 spiro atoms. The molecule has 5 nitrogen and oxygen atoms in total. The fourth-order valence-electron chi connectivity index (χ4n) is 3.11. The van der Waals surface area contributed by atoms with Crippen molar-refractivity contribution in [1.29, 1.82) is 0 Å². The van der Waals surface area contributed by atoms with Crippen LogP contribution in [0.2, 0.25) is 5.15 Å². The van der Waals surface area contributed by atoms with Gasteiger partial charge in [-0.15, -0.1) is 0 Å². The van der Waals surface area contributed by atoms with Crippen LogP contribution in [0, 0.1) is 0 Å². The maximum Gasteiger partial charge on any atom is 0.246 e. The van der Waals surface area contributed by atoms with E-state index in [0.29, 0.717) is 24.8 Å². The molecule has 112 valence electrons.